The Morgan fingerprint density at radius 3 is 2.46 bits per heavy atom. The van der Waals surface area contributed by atoms with E-state index in [9.17, 15) is 4.79 Å². The zero-order valence-electron chi connectivity index (χ0n) is 13.5. The molecule has 24 heavy (non-hydrogen) atoms. The van der Waals surface area contributed by atoms with Gasteiger partial charge in [0.1, 0.15) is 11.5 Å². The standard InChI is InChI=1S/C18H19Cl2NO3/c1-3-16(24-17-9-6-13(19)10-15(17)20)18(22)21-11-12-4-7-14(23-2)8-5-12/h4-10,16H,3,11H2,1-2H3,(H,21,22). The van der Waals surface area contributed by atoms with Crippen LogP contribution in [-0.2, 0) is 11.3 Å². The molecule has 0 bridgehead atoms. The molecule has 2 aromatic rings. The number of benzene rings is 2. The number of amides is 1. The maximum absolute atomic E-state index is 12.3. The number of halogens is 2. The van der Waals surface area contributed by atoms with Crippen molar-refractivity contribution in [2.45, 2.75) is 26.0 Å². The molecule has 0 radical (unpaired) electrons. The van der Waals surface area contributed by atoms with E-state index >= 15 is 0 Å². The summed E-state index contributed by atoms with van der Waals surface area (Å²) >= 11 is 11.9. The lowest BCUT2D eigenvalue weighted by Gasteiger charge is -2.18. The Kier molecular flexibility index (Phi) is 6.76. The average molecular weight is 368 g/mol. The first-order valence-electron chi connectivity index (χ1n) is 7.55. The van der Waals surface area contributed by atoms with E-state index < -0.39 is 6.10 Å². The largest absolute Gasteiger partial charge is 0.497 e. The lowest BCUT2D eigenvalue weighted by molar-refractivity contribution is -0.128. The molecule has 1 atom stereocenters. The van der Waals surface area contributed by atoms with Gasteiger partial charge in [-0.05, 0) is 42.3 Å². The van der Waals surface area contributed by atoms with E-state index in [1.54, 1.807) is 25.3 Å². The van der Waals surface area contributed by atoms with Crippen LogP contribution in [-0.4, -0.2) is 19.1 Å². The van der Waals surface area contributed by atoms with Gasteiger partial charge in [0.05, 0.1) is 12.1 Å². The Bertz CT molecular complexity index is 689. The van der Waals surface area contributed by atoms with Crippen molar-refractivity contribution in [1.82, 2.24) is 5.32 Å². The summed E-state index contributed by atoms with van der Waals surface area (Å²) < 4.78 is 10.8. The molecule has 1 amide bonds. The van der Waals surface area contributed by atoms with Crippen molar-refractivity contribution < 1.29 is 14.3 Å². The predicted octanol–water partition coefficient (Wildman–Crippen LogP) is 4.48. The molecular weight excluding hydrogens is 349 g/mol. The van der Waals surface area contributed by atoms with Crippen LogP contribution >= 0.6 is 23.2 Å². The Hall–Kier alpha value is -1.91. The molecule has 0 saturated carbocycles. The van der Waals surface area contributed by atoms with Gasteiger partial charge in [-0.25, -0.2) is 0 Å². The molecule has 0 fully saturated rings. The van der Waals surface area contributed by atoms with Gasteiger partial charge in [-0.15, -0.1) is 0 Å². The number of hydrogen-bond acceptors (Lipinski definition) is 3. The van der Waals surface area contributed by atoms with Crippen LogP contribution in [0.2, 0.25) is 10.0 Å². The lowest BCUT2D eigenvalue weighted by atomic mass is 10.2. The summed E-state index contributed by atoms with van der Waals surface area (Å²) in [6.45, 7) is 2.29. The fraction of sp³-hybridized carbons (Fsp3) is 0.278. The number of nitrogens with one attached hydrogen (secondary N) is 1. The Balaban J connectivity index is 1.95. The van der Waals surface area contributed by atoms with Gasteiger partial charge >= 0.3 is 0 Å². The summed E-state index contributed by atoms with van der Waals surface area (Å²) in [5.41, 5.74) is 0.975. The van der Waals surface area contributed by atoms with Gasteiger partial charge in [0.15, 0.2) is 6.10 Å². The van der Waals surface area contributed by atoms with Crippen LogP contribution in [0.1, 0.15) is 18.9 Å². The highest BCUT2D eigenvalue weighted by Gasteiger charge is 2.19. The van der Waals surface area contributed by atoms with Crippen LogP contribution in [0, 0.1) is 0 Å². The van der Waals surface area contributed by atoms with Crippen molar-refractivity contribution in [1.29, 1.82) is 0 Å². The van der Waals surface area contributed by atoms with Gasteiger partial charge in [-0.1, -0.05) is 42.3 Å². The number of carbonyl (C=O) groups excluding carboxylic acids is 1. The monoisotopic (exact) mass is 367 g/mol. The fourth-order valence-corrected chi connectivity index (χ4v) is 2.55. The topological polar surface area (TPSA) is 47.6 Å². The second-order valence-electron chi connectivity index (χ2n) is 5.16. The molecule has 0 saturated heterocycles. The van der Waals surface area contributed by atoms with E-state index in [1.807, 2.05) is 31.2 Å². The maximum atomic E-state index is 12.3. The molecule has 0 spiro atoms. The van der Waals surface area contributed by atoms with E-state index in [4.69, 9.17) is 32.7 Å². The van der Waals surface area contributed by atoms with E-state index in [0.29, 0.717) is 28.8 Å². The summed E-state index contributed by atoms with van der Waals surface area (Å²) in [6.07, 6.45) is -0.102. The summed E-state index contributed by atoms with van der Waals surface area (Å²) in [6, 6.07) is 12.4. The van der Waals surface area contributed by atoms with Crippen molar-refractivity contribution in [3.05, 3.63) is 58.1 Å². The average Bonchev–Trinajstić information content (AvgIpc) is 2.59. The lowest BCUT2D eigenvalue weighted by Crippen LogP contribution is -2.37. The molecule has 1 N–H and O–H groups in total. The molecule has 0 aliphatic rings. The first-order valence-corrected chi connectivity index (χ1v) is 8.31. The van der Waals surface area contributed by atoms with Crippen LogP contribution in [0.4, 0.5) is 0 Å². The predicted molar refractivity (Wildman–Crippen MR) is 96.0 cm³/mol. The van der Waals surface area contributed by atoms with Gasteiger partial charge in [0.2, 0.25) is 0 Å². The molecule has 0 aliphatic heterocycles. The Morgan fingerprint density at radius 2 is 1.88 bits per heavy atom. The number of methoxy groups -OCH3 is 1. The Morgan fingerprint density at radius 1 is 1.17 bits per heavy atom. The van der Waals surface area contributed by atoms with Gasteiger partial charge in [-0.3, -0.25) is 4.79 Å². The maximum Gasteiger partial charge on any atom is 0.261 e. The van der Waals surface area contributed by atoms with Crippen molar-refractivity contribution in [2.24, 2.45) is 0 Å². The highest BCUT2D eigenvalue weighted by molar-refractivity contribution is 6.35. The van der Waals surface area contributed by atoms with Crippen LogP contribution in [0.25, 0.3) is 0 Å². The first-order chi connectivity index (χ1) is 11.5. The van der Waals surface area contributed by atoms with E-state index in [-0.39, 0.29) is 5.91 Å². The zero-order chi connectivity index (χ0) is 17.5. The van der Waals surface area contributed by atoms with E-state index in [1.165, 1.54) is 0 Å². The minimum Gasteiger partial charge on any atom is -0.497 e. The van der Waals surface area contributed by atoms with E-state index in [0.717, 1.165) is 11.3 Å². The SMILES string of the molecule is CCC(Oc1ccc(Cl)cc1Cl)C(=O)NCc1ccc(OC)cc1. The number of hydrogen-bond donors (Lipinski definition) is 1. The minimum atomic E-state index is -0.623. The molecule has 0 heterocycles. The fourth-order valence-electron chi connectivity index (χ4n) is 2.09. The third kappa shape index (κ3) is 5.05. The van der Waals surface area contributed by atoms with Crippen molar-refractivity contribution in [3.63, 3.8) is 0 Å². The Labute approximate surface area is 151 Å². The molecule has 4 nitrogen and oxygen atoms in total. The summed E-state index contributed by atoms with van der Waals surface area (Å²) in [5.74, 6) is 1.02. The van der Waals surface area contributed by atoms with Crippen LogP contribution in [0.15, 0.2) is 42.5 Å². The zero-order valence-corrected chi connectivity index (χ0v) is 15.0. The highest BCUT2D eigenvalue weighted by Crippen LogP contribution is 2.28. The molecule has 0 aromatic heterocycles. The van der Waals surface area contributed by atoms with Crippen molar-refractivity contribution in [3.8, 4) is 11.5 Å². The molecule has 6 heteroatoms. The van der Waals surface area contributed by atoms with Gasteiger partial charge < -0.3 is 14.8 Å². The smallest absolute Gasteiger partial charge is 0.261 e. The number of carbonyl (C=O) groups is 1. The second-order valence-corrected chi connectivity index (χ2v) is 6.00. The molecule has 1 unspecified atom stereocenters. The van der Waals surface area contributed by atoms with Crippen molar-refractivity contribution >= 4 is 29.1 Å². The highest BCUT2D eigenvalue weighted by atomic mass is 35.5. The van der Waals surface area contributed by atoms with Gasteiger partial charge in [0.25, 0.3) is 5.91 Å². The first kappa shape index (κ1) is 18.4. The molecule has 128 valence electrons. The molecule has 2 aromatic carbocycles. The van der Waals surface area contributed by atoms with E-state index in [2.05, 4.69) is 5.32 Å². The number of rotatable bonds is 7. The third-order valence-electron chi connectivity index (χ3n) is 3.45. The van der Waals surface area contributed by atoms with Crippen LogP contribution < -0.4 is 14.8 Å². The second kappa shape index (κ2) is 8.81. The molecule has 2 rings (SSSR count). The normalized spacial score (nSPS) is 11.7. The molecular formula is C18H19Cl2NO3. The van der Waals surface area contributed by atoms with Gasteiger partial charge in [0, 0.05) is 11.6 Å². The quantitative estimate of drug-likeness (QED) is 0.784. The van der Waals surface area contributed by atoms with Crippen LogP contribution in [0.5, 0.6) is 11.5 Å². The molecule has 0 aliphatic carbocycles. The summed E-state index contributed by atoms with van der Waals surface area (Å²) in [7, 11) is 1.61. The minimum absolute atomic E-state index is 0.195. The van der Waals surface area contributed by atoms with Crippen LogP contribution in [0.3, 0.4) is 0 Å². The van der Waals surface area contributed by atoms with Crippen molar-refractivity contribution in [2.75, 3.05) is 7.11 Å². The summed E-state index contributed by atoms with van der Waals surface area (Å²) in [5, 5.41) is 3.76. The summed E-state index contributed by atoms with van der Waals surface area (Å²) in [4.78, 5) is 12.3. The van der Waals surface area contributed by atoms with Gasteiger partial charge in [-0.2, -0.15) is 0 Å². The third-order valence-corrected chi connectivity index (χ3v) is 3.98. The number of ether oxygens (including phenoxy) is 2.